The van der Waals surface area contributed by atoms with Crippen LogP contribution in [0.4, 0.5) is 0 Å². The molecule has 0 radical (unpaired) electrons. The van der Waals surface area contributed by atoms with Gasteiger partial charge in [-0.1, -0.05) is 11.6 Å². The molecule has 0 atom stereocenters. The van der Waals surface area contributed by atoms with E-state index in [1.807, 2.05) is 25.1 Å². The molecule has 2 aromatic heterocycles. The van der Waals surface area contributed by atoms with Crippen LogP contribution in [0.15, 0.2) is 30.6 Å². The van der Waals surface area contributed by atoms with Gasteiger partial charge < -0.3 is 4.74 Å². The van der Waals surface area contributed by atoms with Crippen molar-refractivity contribution in [2.45, 2.75) is 6.92 Å². The largest absolute Gasteiger partial charge is 0.481 e. The molecule has 0 aliphatic rings. The molecule has 0 bridgehead atoms. The maximum atomic E-state index is 6.01. The fourth-order valence-corrected chi connectivity index (χ4v) is 1.50. The normalized spacial score (nSPS) is 10.2. The number of hydrogen-bond acceptors (Lipinski definition) is 3. The molecule has 0 aliphatic heterocycles. The number of nitrogens with zero attached hydrogens (tertiary/aromatic N) is 2. The van der Waals surface area contributed by atoms with E-state index in [0.29, 0.717) is 10.9 Å². The molecule has 0 N–H and O–H groups in total. The molecule has 16 heavy (non-hydrogen) atoms. The Hall–Kier alpha value is -1.61. The first-order valence-corrected chi connectivity index (χ1v) is 5.21. The summed E-state index contributed by atoms with van der Waals surface area (Å²) in [5, 5.41) is 0.660. The van der Waals surface area contributed by atoms with Crippen molar-refractivity contribution in [2.75, 3.05) is 7.11 Å². The van der Waals surface area contributed by atoms with Gasteiger partial charge in [0.25, 0.3) is 0 Å². The van der Waals surface area contributed by atoms with Crippen LogP contribution < -0.4 is 4.74 Å². The van der Waals surface area contributed by atoms with Crippen LogP contribution in [0, 0.1) is 6.92 Å². The van der Waals surface area contributed by atoms with Gasteiger partial charge in [-0.3, -0.25) is 4.98 Å². The smallest absolute Gasteiger partial charge is 0.212 e. The van der Waals surface area contributed by atoms with Gasteiger partial charge in [-0.2, -0.15) is 0 Å². The quantitative estimate of drug-likeness (QED) is 0.801. The Morgan fingerprint density at radius 3 is 2.44 bits per heavy atom. The highest BCUT2D eigenvalue weighted by atomic mass is 35.5. The van der Waals surface area contributed by atoms with E-state index in [1.54, 1.807) is 19.5 Å². The third-order valence-corrected chi connectivity index (χ3v) is 2.69. The molecule has 0 unspecified atom stereocenters. The van der Waals surface area contributed by atoms with E-state index in [0.717, 1.165) is 16.8 Å². The number of aryl methyl sites for hydroxylation is 1. The van der Waals surface area contributed by atoms with Crippen LogP contribution in [-0.2, 0) is 0 Å². The molecule has 0 spiro atoms. The van der Waals surface area contributed by atoms with Crippen LogP contribution in [0.1, 0.15) is 5.69 Å². The maximum Gasteiger partial charge on any atom is 0.212 e. The molecule has 4 heteroatoms. The molecule has 82 valence electrons. The predicted octanol–water partition coefficient (Wildman–Crippen LogP) is 3.11. The van der Waals surface area contributed by atoms with Crippen molar-refractivity contribution in [1.29, 1.82) is 0 Å². The molecule has 0 aliphatic carbocycles. The molecule has 0 saturated heterocycles. The lowest BCUT2D eigenvalue weighted by Gasteiger charge is -2.04. The lowest BCUT2D eigenvalue weighted by atomic mass is 10.1. The summed E-state index contributed by atoms with van der Waals surface area (Å²) in [7, 11) is 1.59. The van der Waals surface area contributed by atoms with Crippen molar-refractivity contribution >= 4 is 11.6 Å². The van der Waals surface area contributed by atoms with Crippen LogP contribution in [0.25, 0.3) is 11.1 Å². The average Bonchev–Trinajstić information content (AvgIpc) is 2.33. The molecule has 0 saturated carbocycles. The van der Waals surface area contributed by atoms with E-state index in [1.165, 1.54) is 0 Å². The van der Waals surface area contributed by atoms with Gasteiger partial charge in [0, 0.05) is 29.6 Å². The van der Waals surface area contributed by atoms with Gasteiger partial charge in [-0.05, 0) is 19.1 Å². The average molecular weight is 235 g/mol. The zero-order chi connectivity index (χ0) is 11.5. The second-order valence-corrected chi connectivity index (χ2v) is 3.79. The van der Waals surface area contributed by atoms with E-state index < -0.39 is 0 Å². The van der Waals surface area contributed by atoms with Crippen LogP contribution >= 0.6 is 11.6 Å². The molecule has 2 aromatic rings. The van der Waals surface area contributed by atoms with E-state index in [9.17, 15) is 0 Å². The van der Waals surface area contributed by atoms with Crippen molar-refractivity contribution < 1.29 is 4.74 Å². The highest BCUT2D eigenvalue weighted by Crippen LogP contribution is 2.23. The van der Waals surface area contributed by atoms with Gasteiger partial charge in [0.2, 0.25) is 5.88 Å². The first-order chi connectivity index (χ1) is 7.70. The minimum atomic E-state index is 0.593. The summed E-state index contributed by atoms with van der Waals surface area (Å²) in [5.74, 6) is 0.593. The third kappa shape index (κ3) is 2.14. The first kappa shape index (κ1) is 10.9. The zero-order valence-electron chi connectivity index (χ0n) is 9.07. The SMILES string of the molecule is COc1ccc(-c2cnc(C)c(Cl)c2)cn1. The summed E-state index contributed by atoms with van der Waals surface area (Å²) in [4.78, 5) is 8.34. The van der Waals surface area contributed by atoms with Gasteiger partial charge in [0.05, 0.1) is 17.8 Å². The number of rotatable bonds is 2. The van der Waals surface area contributed by atoms with Crippen molar-refractivity contribution in [3.63, 3.8) is 0 Å². The van der Waals surface area contributed by atoms with E-state index in [-0.39, 0.29) is 0 Å². The predicted molar refractivity (Wildman–Crippen MR) is 63.8 cm³/mol. The molecule has 0 amide bonds. The standard InChI is InChI=1S/C12H11ClN2O/c1-8-11(13)5-10(7-14-8)9-3-4-12(16-2)15-6-9/h3-7H,1-2H3. The summed E-state index contributed by atoms with van der Waals surface area (Å²) in [6, 6.07) is 5.62. The lowest BCUT2D eigenvalue weighted by molar-refractivity contribution is 0.398. The minimum absolute atomic E-state index is 0.593. The number of pyridine rings is 2. The highest BCUT2D eigenvalue weighted by Gasteiger charge is 2.02. The van der Waals surface area contributed by atoms with E-state index in [2.05, 4.69) is 9.97 Å². The number of ether oxygens (including phenoxy) is 1. The van der Waals surface area contributed by atoms with Gasteiger partial charge in [-0.15, -0.1) is 0 Å². The van der Waals surface area contributed by atoms with Crippen LogP contribution in [-0.4, -0.2) is 17.1 Å². The summed E-state index contributed by atoms with van der Waals surface area (Å²) < 4.78 is 5.00. The fraction of sp³-hybridized carbons (Fsp3) is 0.167. The summed E-state index contributed by atoms with van der Waals surface area (Å²) in [6.07, 6.45) is 3.52. The second kappa shape index (κ2) is 4.49. The summed E-state index contributed by atoms with van der Waals surface area (Å²) >= 11 is 6.01. The van der Waals surface area contributed by atoms with Crippen molar-refractivity contribution in [2.24, 2.45) is 0 Å². The molecule has 0 aromatic carbocycles. The van der Waals surface area contributed by atoms with Crippen LogP contribution in [0.2, 0.25) is 5.02 Å². The third-order valence-electron chi connectivity index (χ3n) is 2.30. The number of aromatic nitrogens is 2. The Bertz CT molecular complexity index is 497. The molecule has 2 rings (SSSR count). The summed E-state index contributed by atoms with van der Waals surface area (Å²) in [6.45, 7) is 1.87. The van der Waals surface area contributed by atoms with E-state index >= 15 is 0 Å². The summed E-state index contributed by atoms with van der Waals surface area (Å²) in [5.41, 5.74) is 2.74. The van der Waals surface area contributed by atoms with Crippen molar-refractivity contribution in [1.82, 2.24) is 9.97 Å². The molecular weight excluding hydrogens is 224 g/mol. The molecular formula is C12H11ClN2O. The maximum absolute atomic E-state index is 6.01. The molecule has 0 fully saturated rings. The topological polar surface area (TPSA) is 35.0 Å². The Labute approximate surface area is 99.1 Å². The van der Waals surface area contributed by atoms with Gasteiger partial charge >= 0.3 is 0 Å². The highest BCUT2D eigenvalue weighted by molar-refractivity contribution is 6.31. The monoisotopic (exact) mass is 234 g/mol. The first-order valence-electron chi connectivity index (χ1n) is 4.83. The number of hydrogen-bond donors (Lipinski definition) is 0. The van der Waals surface area contributed by atoms with Gasteiger partial charge in [-0.25, -0.2) is 4.98 Å². The van der Waals surface area contributed by atoms with Crippen molar-refractivity contribution in [3.05, 3.63) is 41.3 Å². The van der Waals surface area contributed by atoms with E-state index in [4.69, 9.17) is 16.3 Å². The Morgan fingerprint density at radius 2 is 1.88 bits per heavy atom. The van der Waals surface area contributed by atoms with Crippen molar-refractivity contribution in [3.8, 4) is 17.0 Å². The Balaban J connectivity index is 2.38. The molecule has 3 nitrogen and oxygen atoms in total. The fourth-order valence-electron chi connectivity index (χ4n) is 1.34. The molecule has 2 heterocycles. The Kier molecular flexibility index (Phi) is 3.06. The van der Waals surface area contributed by atoms with Crippen LogP contribution in [0.5, 0.6) is 5.88 Å². The zero-order valence-corrected chi connectivity index (χ0v) is 9.82. The Morgan fingerprint density at radius 1 is 1.12 bits per heavy atom. The van der Waals surface area contributed by atoms with Gasteiger partial charge in [0.15, 0.2) is 0 Å². The number of methoxy groups -OCH3 is 1. The van der Waals surface area contributed by atoms with Gasteiger partial charge in [0.1, 0.15) is 0 Å². The second-order valence-electron chi connectivity index (χ2n) is 3.38. The number of halogens is 1. The minimum Gasteiger partial charge on any atom is -0.481 e. The lowest BCUT2D eigenvalue weighted by Crippen LogP contribution is -1.89. The van der Waals surface area contributed by atoms with Crippen LogP contribution in [0.3, 0.4) is 0 Å².